The Morgan fingerprint density at radius 3 is 0.773 bits per heavy atom. The van der Waals surface area contributed by atoms with E-state index in [-0.39, 0.29) is 25.7 Å². The summed E-state index contributed by atoms with van der Waals surface area (Å²) >= 11 is 0. The minimum absolute atomic E-state index is 0.102. The van der Waals surface area contributed by atoms with Crippen LogP contribution in [0.15, 0.2) is 0 Å². The number of phosphoric ester groups is 2. The average Bonchev–Trinajstić information content (AvgIpc) is 3.60. The largest absolute Gasteiger partial charge is 0.472 e. The van der Waals surface area contributed by atoms with Gasteiger partial charge in [0.2, 0.25) is 0 Å². The zero-order valence-electron chi connectivity index (χ0n) is 57.2. The molecule has 88 heavy (non-hydrogen) atoms. The number of aliphatic hydroxyl groups excluding tert-OH is 1. The molecular weight excluding hydrogens is 1160 g/mol. The standard InChI is InChI=1S/C69H134O17P2/c1-8-9-10-11-12-13-18-22-29-36-43-50-66(71)79-56-64(85-68(73)52-45-38-30-23-20-17-15-14-16-19-21-26-33-40-47-60(2)3)58-83-87(75,76)81-54-63(70)55-82-88(77,78)84-59-65(86-69(74)53-46-39-32-25-28-35-42-49-62(6)7)57-80-67(72)51-44-37-31-24-27-34-41-48-61(4)5/h60-65,70H,8-59H2,1-7H3,(H,75,76)(H,77,78)/t63-,64-,65-/m1/s1. The maximum atomic E-state index is 13.0. The van der Waals surface area contributed by atoms with Crippen molar-refractivity contribution in [1.29, 1.82) is 0 Å². The Balaban J connectivity index is 5.22. The summed E-state index contributed by atoms with van der Waals surface area (Å²) in [6, 6.07) is 0. The first-order valence-electron chi connectivity index (χ1n) is 35.8. The van der Waals surface area contributed by atoms with Crippen molar-refractivity contribution >= 4 is 39.5 Å². The van der Waals surface area contributed by atoms with Crippen LogP contribution in [0.5, 0.6) is 0 Å². The molecule has 522 valence electrons. The summed E-state index contributed by atoms with van der Waals surface area (Å²) < 4.78 is 68.2. The van der Waals surface area contributed by atoms with Crippen LogP contribution in [0.3, 0.4) is 0 Å². The van der Waals surface area contributed by atoms with Gasteiger partial charge in [-0.05, 0) is 43.4 Å². The van der Waals surface area contributed by atoms with E-state index in [2.05, 4.69) is 48.5 Å². The van der Waals surface area contributed by atoms with Gasteiger partial charge in [-0.15, -0.1) is 0 Å². The molecule has 17 nitrogen and oxygen atoms in total. The molecule has 0 aliphatic heterocycles. The number of hydrogen-bond acceptors (Lipinski definition) is 15. The van der Waals surface area contributed by atoms with Gasteiger partial charge < -0.3 is 33.8 Å². The number of carbonyl (C=O) groups is 4. The van der Waals surface area contributed by atoms with E-state index in [1.807, 2.05) is 0 Å². The van der Waals surface area contributed by atoms with Crippen molar-refractivity contribution in [2.45, 2.75) is 362 Å². The summed E-state index contributed by atoms with van der Waals surface area (Å²) in [5, 5.41) is 10.6. The minimum Gasteiger partial charge on any atom is -0.462 e. The number of phosphoric acid groups is 2. The first-order valence-corrected chi connectivity index (χ1v) is 38.8. The Morgan fingerprint density at radius 1 is 0.307 bits per heavy atom. The zero-order chi connectivity index (χ0) is 65.2. The van der Waals surface area contributed by atoms with Crippen LogP contribution in [-0.4, -0.2) is 96.7 Å². The van der Waals surface area contributed by atoms with Crippen LogP contribution in [0.4, 0.5) is 0 Å². The number of esters is 4. The molecule has 0 saturated carbocycles. The highest BCUT2D eigenvalue weighted by molar-refractivity contribution is 7.47. The third-order valence-corrected chi connectivity index (χ3v) is 17.8. The summed E-state index contributed by atoms with van der Waals surface area (Å²) in [6.07, 6.45) is 43.2. The lowest BCUT2D eigenvalue weighted by Crippen LogP contribution is -2.30. The molecule has 3 N–H and O–H groups in total. The Bertz CT molecular complexity index is 1730. The molecule has 0 amide bonds. The molecular formula is C69H134O17P2. The molecule has 2 unspecified atom stereocenters. The van der Waals surface area contributed by atoms with Crippen LogP contribution in [0.1, 0.15) is 344 Å². The highest BCUT2D eigenvalue weighted by atomic mass is 31.2. The van der Waals surface area contributed by atoms with Crippen LogP contribution in [0.25, 0.3) is 0 Å². The number of hydrogen-bond donors (Lipinski definition) is 3. The van der Waals surface area contributed by atoms with Crippen molar-refractivity contribution in [2.24, 2.45) is 17.8 Å². The number of unbranched alkanes of at least 4 members (excludes halogenated alkanes) is 35. The van der Waals surface area contributed by atoms with E-state index in [0.717, 1.165) is 102 Å². The molecule has 0 heterocycles. The third kappa shape index (κ3) is 62.8. The van der Waals surface area contributed by atoms with Gasteiger partial charge in [0, 0.05) is 25.7 Å². The maximum Gasteiger partial charge on any atom is 0.472 e. The number of aliphatic hydroxyl groups is 1. The normalized spacial score (nSPS) is 14.2. The van der Waals surface area contributed by atoms with Crippen molar-refractivity contribution < 1.29 is 80.2 Å². The maximum absolute atomic E-state index is 13.0. The summed E-state index contributed by atoms with van der Waals surface area (Å²) in [5.41, 5.74) is 0. The Kier molecular flexibility index (Phi) is 58.7. The van der Waals surface area contributed by atoms with Gasteiger partial charge in [0.25, 0.3) is 0 Å². The molecule has 0 bridgehead atoms. The lowest BCUT2D eigenvalue weighted by molar-refractivity contribution is -0.161. The molecule has 0 aliphatic carbocycles. The van der Waals surface area contributed by atoms with Gasteiger partial charge in [0.15, 0.2) is 12.2 Å². The summed E-state index contributed by atoms with van der Waals surface area (Å²) in [5.74, 6) is 0.0657. The molecule has 0 radical (unpaired) electrons. The van der Waals surface area contributed by atoms with Crippen molar-refractivity contribution in [3.05, 3.63) is 0 Å². The van der Waals surface area contributed by atoms with E-state index in [1.165, 1.54) is 148 Å². The van der Waals surface area contributed by atoms with Crippen LogP contribution in [0.2, 0.25) is 0 Å². The molecule has 19 heteroatoms. The highest BCUT2D eigenvalue weighted by Gasteiger charge is 2.30. The SMILES string of the molecule is CCCCCCCCCCCCCC(=O)OC[C@H](COP(=O)(O)OC[C@@H](O)COP(=O)(O)OC[C@@H](COC(=O)CCCCCCCCCC(C)C)OC(=O)CCCCCCCCCC(C)C)OC(=O)CCCCCCCCCCCCCCCCC(C)C. The molecule has 0 aromatic rings. The van der Waals surface area contributed by atoms with Crippen molar-refractivity contribution in [3.63, 3.8) is 0 Å². The molecule has 0 spiro atoms. The van der Waals surface area contributed by atoms with E-state index < -0.39 is 97.5 Å². The molecule has 0 rings (SSSR count). The Morgan fingerprint density at radius 2 is 0.523 bits per heavy atom. The van der Waals surface area contributed by atoms with Crippen LogP contribution >= 0.6 is 15.6 Å². The average molecular weight is 1300 g/mol. The smallest absolute Gasteiger partial charge is 0.462 e. The van der Waals surface area contributed by atoms with Gasteiger partial charge >= 0.3 is 39.5 Å². The molecule has 0 fully saturated rings. The highest BCUT2D eigenvalue weighted by Crippen LogP contribution is 2.45. The van der Waals surface area contributed by atoms with Crippen molar-refractivity contribution in [1.82, 2.24) is 0 Å². The van der Waals surface area contributed by atoms with Gasteiger partial charge in [-0.2, -0.15) is 0 Å². The second kappa shape index (κ2) is 60.0. The van der Waals surface area contributed by atoms with Crippen LogP contribution in [-0.2, 0) is 65.4 Å². The van der Waals surface area contributed by atoms with Crippen LogP contribution in [0, 0.1) is 17.8 Å². The topological polar surface area (TPSA) is 237 Å². The van der Waals surface area contributed by atoms with Gasteiger partial charge in [-0.25, -0.2) is 9.13 Å². The lowest BCUT2D eigenvalue weighted by Gasteiger charge is -2.21. The van der Waals surface area contributed by atoms with Crippen LogP contribution < -0.4 is 0 Å². The zero-order valence-corrected chi connectivity index (χ0v) is 59.0. The molecule has 0 aromatic carbocycles. The quantitative estimate of drug-likeness (QED) is 0.0222. The second-order valence-corrected chi connectivity index (χ2v) is 29.3. The van der Waals surface area contributed by atoms with Crippen molar-refractivity contribution in [3.8, 4) is 0 Å². The van der Waals surface area contributed by atoms with E-state index in [1.54, 1.807) is 0 Å². The fourth-order valence-corrected chi connectivity index (χ4v) is 11.9. The Hall–Kier alpha value is -1.94. The monoisotopic (exact) mass is 1300 g/mol. The lowest BCUT2D eigenvalue weighted by atomic mass is 10.0. The minimum atomic E-state index is -4.95. The molecule has 0 aromatic heterocycles. The molecule has 0 saturated heterocycles. The summed E-state index contributed by atoms with van der Waals surface area (Å²) in [7, 11) is -9.90. The van der Waals surface area contributed by atoms with Crippen molar-refractivity contribution in [2.75, 3.05) is 39.6 Å². The van der Waals surface area contributed by atoms with E-state index in [0.29, 0.717) is 37.5 Å². The summed E-state index contributed by atoms with van der Waals surface area (Å²) in [4.78, 5) is 72.4. The Labute approximate surface area is 537 Å². The van der Waals surface area contributed by atoms with Gasteiger partial charge in [0.05, 0.1) is 26.4 Å². The predicted molar refractivity (Wildman–Crippen MR) is 354 cm³/mol. The predicted octanol–water partition coefficient (Wildman–Crippen LogP) is 19.5. The first kappa shape index (κ1) is 86.1. The number of ether oxygens (including phenoxy) is 4. The van der Waals surface area contributed by atoms with Gasteiger partial charge in [-0.3, -0.25) is 37.3 Å². The van der Waals surface area contributed by atoms with E-state index >= 15 is 0 Å². The molecule has 5 atom stereocenters. The number of rotatable bonds is 67. The fraction of sp³-hybridized carbons (Fsp3) is 0.942. The summed E-state index contributed by atoms with van der Waals surface area (Å²) in [6.45, 7) is 11.7. The van der Waals surface area contributed by atoms with E-state index in [9.17, 15) is 43.2 Å². The second-order valence-electron chi connectivity index (χ2n) is 26.3. The third-order valence-electron chi connectivity index (χ3n) is 15.9. The van der Waals surface area contributed by atoms with E-state index in [4.69, 9.17) is 37.0 Å². The first-order chi connectivity index (χ1) is 42.2. The van der Waals surface area contributed by atoms with Gasteiger partial charge in [-0.1, -0.05) is 292 Å². The molecule has 0 aliphatic rings. The number of carbonyl (C=O) groups excluding carboxylic acids is 4. The van der Waals surface area contributed by atoms with Gasteiger partial charge in [0.1, 0.15) is 19.3 Å². The fourth-order valence-electron chi connectivity index (χ4n) is 10.4.